The van der Waals surface area contributed by atoms with Crippen molar-refractivity contribution < 1.29 is 13.6 Å². The van der Waals surface area contributed by atoms with Gasteiger partial charge in [0.15, 0.2) is 15.7 Å². The summed E-state index contributed by atoms with van der Waals surface area (Å²) in [7, 11) is -3.40. The van der Waals surface area contributed by atoms with Crippen molar-refractivity contribution in [1.82, 2.24) is 9.71 Å². The minimum Gasteiger partial charge on any atom is -0.427 e. The molecule has 0 saturated carbocycles. The number of nitrogens with zero attached hydrogens (tertiary/aromatic N) is 2. The third-order valence-electron chi connectivity index (χ3n) is 3.98. The Hall–Kier alpha value is -2.86. The van der Waals surface area contributed by atoms with E-state index in [1.165, 1.54) is 6.20 Å². The van der Waals surface area contributed by atoms with E-state index in [2.05, 4.69) is 4.98 Å². The van der Waals surface area contributed by atoms with E-state index in [0.29, 0.717) is 16.3 Å². The zero-order valence-electron chi connectivity index (χ0n) is 12.6. The summed E-state index contributed by atoms with van der Waals surface area (Å²) in [5.74, 6) is 0.376. The van der Waals surface area contributed by atoms with Gasteiger partial charge in [0.25, 0.3) is 0 Å². The number of rotatable bonds is 3. The highest BCUT2D eigenvalue weighted by molar-refractivity contribution is 7.90. The Morgan fingerprint density at radius 2 is 1.79 bits per heavy atom. The SMILES string of the molecule is O=S(=O)(Cc1ccc2nc3n(O)cccc-3c2c1)c1ccccc1. The Kier molecular flexibility index (Phi) is 3.28. The van der Waals surface area contributed by atoms with Gasteiger partial charge in [-0.05, 0) is 42.0 Å². The molecule has 120 valence electrons. The van der Waals surface area contributed by atoms with Crippen molar-refractivity contribution in [1.29, 1.82) is 0 Å². The number of hydrogen-bond donors (Lipinski definition) is 1. The van der Waals surface area contributed by atoms with Crippen LogP contribution in [-0.4, -0.2) is 23.3 Å². The fraction of sp³-hybridized carbons (Fsp3) is 0.0556. The van der Waals surface area contributed by atoms with Crippen molar-refractivity contribution in [3.05, 3.63) is 72.4 Å². The minimum absolute atomic E-state index is 0.0778. The molecule has 0 aromatic heterocycles. The van der Waals surface area contributed by atoms with Crippen molar-refractivity contribution in [2.75, 3.05) is 0 Å². The van der Waals surface area contributed by atoms with Gasteiger partial charge in [0.05, 0.1) is 16.2 Å². The van der Waals surface area contributed by atoms with Crippen LogP contribution in [0.25, 0.3) is 22.3 Å². The van der Waals surface area contributed by atoms with Crippen LogP contribution in [0, 0.1) is 0 Å². The molecule has 0 unspecified atom stereocenters. The smallest absolute Gasteiger partial charge is 0.182 e. The first-order chi connectivity index (χ1) is 11.5. The summed E-state index contributed by atoms with van der Waals surface area (Å²) in [6.07, 6.45) is 1.51. The molecule has 1 N–H and O–H groups in total. The number of sulfone groups is 1. The van der Waals surface area contributed by atoms with Crippen LogP contribution in [-0.2, 0) is 15.6 Å². The van der Waals surface area contributed by atoms with Crippen LogP contribution in [0.2, 0.25) is 0 Å². The first-order valence-electron chi connectivity index (χ1n) is 7.41. The van der Waals surface area contributed by atoms with Crippen LogP contribution < -0.4 is 0 Å². The minimum atomic E-state index is -3.40. The lowest BCUT2D eigenvalue weighted by Gasteiger charge is -2.05. The van der Waals surface area contributed by atoms with Gasteiger partial charge < -0.3 is 5.21 Å². The average Bonchev–Trinajstić information content (AvgIpc) is 2.95. The molecule has 2 aromatic carbocycles. The van der Waals surface area contributed by atoms with Gasteiger partial charge in [-0.2, -0.15) is 4.73 Å². The third kappa shape index (κ3) is 2.41. The Morgan fingerprint density at radius 3 is 2.58 bits per heavy atom. The zero-order valence-corrected chi connectivity index (χ0v) is 13.4. The van der Waals surface area contributed by atoms with E-state index in [1.54, 1.807) is 48.5 Å². The Labute approximate surface area is 139 Å². The molecule has 0 aliphatic carbocycles. The average molecular weight is 338 g/mol. The molecule has 5 nitrogen and oxygen atoms in total. The summed E-state index contributed by atoms with van der Waals surface area (Å²) in [6, 6.07) is 17.4. The number of pyridine rings is 1. The monoisotopic (exact) mass is 338 g/mol. The maximum Gasteiger partial charge on any atom is 0.182 e. The molecule has 0 atom stereocenters. The van der Waals surface area contributed by atoms with Crippen LogP contribution in [0.5, 0.6) is 0 Å². The summed E-state index contributed by atoms with van der Waals surface area (Å²) in [5.41, 5.74) is 2.20. The number of hydrogen-bond acceptors (Lipinski definition) is 4. The van der Waals surface area contributed by atoms with Crippen LogP contribution in [0.15, 0.2) is 71.8 Å². The molecule has 24 heavy (non-hydrogen) atoms. The summed E-state index contributed by atoms with van der Waals surface area (Å²) in [4.78, 5) is 4.68. The van der Waals surface area contributed by atoms with Gasteiger partial charge in [-0.1, -0.05) is 24.3 Å². The molecule has 0 amide bonds. The van der Waals surface area contributed by atoms with E-state index in [1.807, 2.05) is 12.1 Å². The van der Waals surface area contributed by atoms with E-state index in [9.17, 15) is 13.6 Å². The second-order valence-electron chi connectivity index (χ2n) is 5.63. The second-order valence-corrected chi connectivity index (χ2v) is 7.62. The summed E-state index contributed by atoms with van der Waals surface area (Å²) < 4.78 is 26.0. The first kappa shape index (κ1) is 14.7. The molecule has 2 heterocycles. The summed E-state index contributed by atoms with van der Waals surface area (Å²) in [6.45, 7) is 0. The number of benzene rings is 2. The first-order valence-corrected chi connectivity index (χ1v) is 9.07. The van der Waals surface area contributed by atoms with Gasteiger partial charge in [-0.25, -0.2) is 13.4 Å². The van der Waals surface area contributed by atoms with E-state index < -0.39 is 9.84 Å². The summed E-state index contributed by atoms with van der Waals surface area (Å²) >= 11 is 0. The molecule has 0 radical (unpaired) electrons. The second kappa shape index (κ2) is 5.35. The normalized spacial score (nSPS) is 12.0. The Bertz CT molecular complexity index is 1100. The predicted molar refractivity (Wildman–Crippen MR) is 90.9 cm³/mol. The quantitative estimate of drug-likeness (QED) is 0.582. The van der Waals surface area contributed by atoms with Gasteiger partial charge >= 0.3 is 0 Å². The highest BCUT2D eigenvalue weighted by atomic mass is 32.2. The standard InChI is InChI=1S/C18H14N2O3S/c21-20-10-4-7-15-16-11-13(8-9-17(16)19-18(15)20)12-24(22,23)14-5-2-1-3-6-14/h1-11,21H,12H2. The van der Waals surface area contributed by atoms with Gasteiger partial charge in [0.1, 0.15) is 0 Å². The maximum atomic E-state index is 12.5. The van der Waals surface area contributed by atoms with Crippen LogP contribution in [0.1, 0.15) is 5.56 Å². The highest BCUT2D eigenvalue weighted by Crippen LogP contribution is 2.31. The van der Waals surface area contributed by atoms with Crippen molar-refractivity contribution in [3.8, 4) is 11.4 Å². The van der Waals surface area contributed by atoms with E-state index in [0.717, 1.165) is 21.2 Å². The fourth-order valence-electron chi connectivity index (χ4n) is 2.84. The Balaban J connectivity index is 1.78. The van der Waals surface area contributed by atoms with Crippen molar-refractivity contribution >= 4 is 20.7 Å². The number of aromatic nitrogens is 2. The van der Waals surface area contributed by atoms with Gasteiger partial charge in [0, 0.05) is 17.1 Å². The number of fused-ring (bicyclic) bond motifs is 3. The molecule has 2 aliphatic heterocycles. The Morgan fingerprint density at radius 1 is 1.00 bits per heavy atom. The van der Waals surface area contributed by atoms with Gasteiger partial charge in [0.2, 0.25) is 0 Å². The molecule has 0 spiro atoms. The van der Waals surface area contributed by atoms with Gasteiger partial charge in [-0.15, -0.1) is 0 Å². The molecule has 2 aromatic rings. The van der Waals surface area contributed by atoms with Crippen LogP contribution in [0.3, 0.4) is 0 Å². The molecule has 0 bridgehead atoms. The molecule has 2 aliphatic rings. The van der Waals surface area contributed by atoms with E-state index in [4.69, 9.17) is 0 Å². The molecular formula is C18H14N2O3S. The predicted octanol–water partition coefficient (Wildman–Crippen LogP) is 3.35. The topological polar surface area (TPSA) is 72.2 Å². The van der Waals surface area contributed by atoms with E-state index in [-0.39, 0.29) is 5.75 Å². The van der Waals surface area contributed by atoms with Crippen LogP contribution >= 0.6 is 0 Å². The van der Waals surface area contributed by atoms with Crippen molar-refractivity contribution in [2.24, 2.45) is 0 Å². The summed E-state index contributed by atoms with van der Waals surface area (Å²) in [5, 5.41) is 10.7. The van der Waals surface area contributed by atoms with Crippen molar-refractivity contribution in [3.63, 3.8) is 0 Å². The largest absolute Gasteiger partial charge is 0.427 e. The molecule has 0 fully saturated rings. The molecule has 4 rings (SSSR count). The molecular weight excluding hydrogens is 324 g/mol. The van der Waals surface area contributed by atoms with Gasteiger partial charge in [-0.3, -0.25) is 0 Å². The molecule has 6 heteroatoms. The molecule has 0 saturated heterocycles. The lowest BCUT2D eigenvalue weighted by Crippen LogP contribution is -2.04. The highest BCUT2D eigenvalue weighted by Gasteiger charge is 2.18. The lowest BCUT2D eigenvalue weighted by molar-refractivity contribution is 0.187. The van der Waals surface area contributed by atoms with Crippen LogP contribution in [0.4, 0.5) is 0 Å². The zero-order chi connectivity index (χ0) is 16.7. The van der Waals surface area contributed by atoms with E-state index >= 15 is 0 Å². The lowest BCUT2D eigenvalue weighted by atomic mass is 10.1. The van der Waals surface area contributed by atoms with Crippen molar-refractivity contribution in [2.45, 2.75) is 10.6 Å². The fourth-order valence-corrected chi connectivity index (χ4v) is 4.20. The third-order valence-corrected chi connectivity index (χ3v) is 5.69. The maximum absolute atomic E-state index is 12.5.